The fourth-order valence-corrected chi connectivity index (χ4v) is 2.66. The van der Waals surface area contributed by atoms with E-state index in [1.807, 2.05) is 25.7 Å². The van der Waals surface area contributed by atoms with Gasteiger partial charge in [0.15, 0.2) is 0 Å². The Morgan fingerprint density at radius 1 is 1.00 bits per heavy atom. The van der Waals surface area contributed by atoms with Crippen molar-refractivity contribution in [3.63, 3.8) is 0 Å². The summed E-state index contributed by atoms with van der Waals surface area (Å²) in [5, 5.41) is 3.50. The second-order valence-electron chi connectivity index (χ2n) is 6.82. The van der Waals surface area contributed by atoms with Gasteiger partial charge in [-0.25, -0.2) is 4.79 Å². The maximum Gasteiger partial charge on any atom is 0.321 e. The molecule has 1 aromatic carbocycles. The highest BCUT2D eigenvalue weighted by atomic mass is 35.5. The number of carbonyl (C=O) groups excluding carboxylic acids is 2. The van der Waals surface area contributed by atoms with E-state index in [-0.39, 0.29) is 17.4 Å². The number of hydrogen-bond acceptors (Lipinski definition) is 2. The summed E-state index contributed by atoms with van der Waals surface area (Å²) in [6.07, 6.45) is 0.788. The number of carbonyl (C=O) groups is 2. The van der Waals surface area contributed by atoms with Crippen molar-refractivity contribution in [2.75, 3.05) is 31.5 Å². The van der Waals surface area contributed by atoms with E-state index in [0.29, 0.717) is 36.9 Å². The standard InChI is InChI=1S/C17H24ClN3O2/c1-17(2,3)15(22)20-9-4-10-21(12-11-20)16(23)19-14-7-5-13(18)6-8-14/h5-8H,4,9-12H2,1-3H3,(H,19,23). The first-order chi connectivity index (χ1) is 10.8. The smallest absolute Gasteiger partial charge is 0.321 e. The number of amides is 3. The van der Waals surface area contributed by atoms with Gasteiger partial charge >= 0.3 is 6.03 Å². The van der Waals surface area contributed by atoms with Crippen LogP contribution in [0.2, 0.25) is 5.02 Å². The third kappa shape index (κ3) is 4.86. The number of nitrogens with one attached hydrogen (secondary N) is 1. The molecule has 1 fully saturated rings. The van der Waals surface area contributed by atoms with Crippen LogP contribution in [0.4, 0.5) is 10.5 Å². The molecular weight excluding hydrogens is 314 g/mol. The summed E-state index contributed by atoms with van der Waals surface area (Å²) in [5.74, 6) is 0.137. The lowest BCUT2D eigenvalue weighted by Crippen LogP contribution is -2.42. The first-order valence-electron chi connectivity index (χ1n) is 7.88. The predicted molar refractivity (Wildman–Crippen MR) is 92.7 cm³/mol. The van der Waals surface area contributed by atoms with E-state index in [0.717, 1.165) is 6.42 Å². The minimum absolute atomic E-state index is 0.137. The van der Waals surface area contributed by atoms with Crippen LogP contribution in [0, 0.1) is 5.41 Å². The Morgan fingerprint density at radius 3 is 2.17 bits per heavy atom. The number of halogens is 1. The molecule has 1 aliphatic rings. The summed E-state index contributed by atoms with van der Waals surface area (Å²) in [7, 11) is 0. The molecule has 0 aromatic heterocycles. The Kier molecular flexibility index (Phi) is 5.52. The van der Waals surface area contributed by atoms with E-state index in [9.17, 15) is 9.59 Å². The largest absolute Gasteiger partial charge is 0.340 e. The van der Waals surface area contributed by atoms with Crippen LogP contribution in [0.5, 0.6) is 0 Å². The topological polar surface area (TPSA) is 52.7 Å². The molecule has 0 saturated carbocycles. The van der Waals surface area contributed by atoms with E-state index in [2.05, 4.69) is 5.32 Å². The van der Waals surface area contributed by atoms with Crippen molar-refractivity contribution in [3.8, 4) is 0 Å². The molecule has 3 amide bonds. The Bertz CT molecular complexity index is 566. The van der Waals surface area contributed by atoms with E-state index >= 15 is 0 Å². The highest BCUT2D eigenvalue weighted by Gasteiger charge is 2.29. The first-order valence-corrected chi connectivity index (χ1v) is 8.26. The van der Waals surface area contributed by atoms with Gasteiger partial charge in [-0.1, -0.05) is 32.4 Å². The van der Waals surface area contributed by atoms with E-state index in [1.165, 1.54) is 0 Å². The van der Waals surface area contributed by atoms with Gasteiger partial charge in [0, 0.05) is 42.3 Å². The molecule has 23 heavy (non-hydrogen) atoms. The molecule has 0 aliphatic carbocycles. The van der Waals surface area contributed by atoms with Crippen molar-refractivity contribution >= 4 is 29.2 Å². The highest BCUT2D eigenvalue weighted by Crippen LogP contribution is 2.19. The fourth-order valence-electron chi connectivity index (χ4n) is 2.53. The molecule has 1 aliphatic heterocycles. The van der Waals surface area contributed by atoms with E-state index in [1.54, 1.807) is 29.2 Å². The van der Waals surface area contributed by atoms with Crippen molar-refractivity contribution in [1.82, 2.24) is 9.80 Å². The maximum absolute atomic E-state index is 12.4. The average molecular weight is 338 g/mol. The third-order valence-electron chi connectivity index (χ3n) is 3.81. The molecule has 5 nitrogen and oxygen atoms in total. The van der Waals surface area contributed by atoms with Gasteiger partial charge in [-0.2, -0.15) is 0 Å². The monoisotopic (exact) mass is 337 g/mol. The van der Waals surface area contributed by atoms with Crippen molar-refractivity contribution in [2.45, 2.75) is 27.2 Å². The van der Waals surface area contributed by atoms with Crippen LogP contribution in [0.15, 0.2) is 24.3 Å². The molecule has 1 N–H and O–H groups in total. The summed E-state index contributed by atoms with van der Waals surface area (Å²) in [5.41, 5.74) is 0.326. The lowest BCUT2D eigenvalue weighted by molar-refractivity contribution is -0.139. The van der Waals surface area contributed by atoms with E-state index < -0.39 is 0 Å². The van der Waals surface area contributed by atoms with Gasteiger partial charge in [0.25, 0.3) is 0 Å². The number of benzene rings is 1. The summed E-state index contributed by atoms with van der Waals surface area (Å²) in [6.45, 7) is 8.22. The van der Waals surface area contributed by atoms with Gasteiger partial charge in [0.05, 0.1) is 0 Å². The summed E-state index contributed by atoms with van der Waals surface area (Å²) < 4.78 is 0. The second-order valence-corrected chi connectivity index (χ2v) is 7.26. The molecule has 1 aromatic rings. The Morgan fingerprint density at radius 2 is 1.57 bits per heavy atom. The summed E-state index contributed by atoms with van der Waals surface area (Å²) >= 11 is 5.84. The van der Waals surface area contributed by atoms with Crippen molar-refractivity contribution in [1.29, 1.82) is 0 Å². The zero-order valence-corrected chi connectivity index (χ0v) is 14.7. The fraction of sp³-hybridized carbons (Fsp3) is 0.529. The lowest BCUT2D eigenvalue weighted by atomic mass is 9.94. The molecular formula is C17H24ClN3O2. The molecule has 0 atom stereocenters. The zero-order valence-electron chi connectivity index (χ0n) is 13.9. The predicted octanol–water partition coefficient (Wildman–Crippen LogP) is 3.45. The van der Waals surface area contributed by atoms with Crippen molar-refractivity contribution in [2.24, 2.45) is 5.41 Å². The van der Waals surface area contributed by atoms with Crippen LogP contribution >= 0.6 is 11.6 Å². The molecule has 0 radical (unpaired) electrons. The van der Waals surface area contributed by atoms with Crippen LogP contribution < -0.4 is 5.32 Å². The molecule has 6 heteroatoms. The van der Waals surface area contributed by atoms with Gasteiger partial charge in [-0.3, -0.25) is 4.79 Å². The van der Waals surface area contributed by atoms with Crippen molar-refractivity contribution in [3.05, 3.63) is 29.3 Å². The minimum Gasteiger partial charge on any atom is -0.340 e. The Labute approximate surface area is 142 Å². The molecule has 126 valence electrons. The third-order valence-corrected chi connectivity index (χ3v) is 4.06. The zero-order chi connectivity index (χ0) is 17.0. The average Bonchev–Trinajstić information content (AvgIpc) is 2.73. The molecule has 2 rings (SSSR count). The number of rotatable bonds is 1. The van der Waals surface area contributed by atoms with E-state index in [4.69, 9.17) is 11.6 Å². The summed E-state index contributed by atoms with van der Waals surface area (Å²) in [6, 6.07) is 6.88. The van der Waals surface area contributed by atoms with Crippen LogP contribution in [0.25, 0.3) is 0 Å². The van der Waals surface area contributed by atoms with Crippen LogP contribution in [-0.4, -0.2) is 47.9 Å². The summed E-state index contributed by atoms with van der Waals surface area (Å²) in [4.78, 5) is 28.3. The molecule has 0 unspecified atom stereocenters. The molecule has 0 bridgehead atoms. The first kappa shape index (κ1) is 17.6. The second kappa shape index (κ2) is 7.21. The molecule has 1 saturated heterocycles. The van der Waals surface area contributed by atoms with Gasteiger partial charge in [-0.05, 0) is 30.7 Å². The quantitative estimate of drug-likeness (QED) is 0.853. The van der Waals surface area contributed by atoms with Crippen LogP contribution in [0.1, 0.15) is 27.2 Å². The highest BCUT2D eigenvalue weighted by molar-refractivity contribution is 6.30. The number of hydrogen-bond donors (Lipinski definition) is 1. The van der Waals surface area contributed by atoms with Crippen molar-refractivity contribution < 1.29 is 9.59 Å². The maximum atomic E-state index is 12.4. The van der Waals surface area contributed by atoms with Crippen LogP contribution in [0.3, 0.4) is 0 Å². The van der Waals surface area contributed by atoms with Gasteiger partial charge < -0.3 is 15.1 Å². The molecule has 1 heterocycles. The Balaban J connectivity index is 1.93. The SMILES string of the molecule is CC(C)(C)C(=O)N1CCCN(C(=O)Nc2ccc(Cl)cc2)CC1. The van der Waals surface area contributed by atoms with Gasteiger partial charge in [0.1, 0.15) is 0 Å². The van der Waals surface area contributed by atoms with Gasteiger partial charge in [-0.15, -0.1) is 0 Å². The Hall–Kier alpha value is -1.75. The minimum atomic E-state index is -0.388. The molecule has 0 spiro atoms. The number of urea groups is 1. The normalized spacial score (nSPS) is 16.0. The van der Waals surface area contributed by atoms with Gasteiger partial charge in [0.2, 0.25) is 5.91 Å². The lowest BCUT2D eigenvalue weighted by Gasteiger charge is -2.28. The number of anilines is 1. The van der Waals surface area contributed by atoms with Crippen LogP contribution in [-0.2, 0) is 4.79 Å². The number of nitrogens with zero attached hydrogens (tertiary/aromatic N) is 2.